The molecular formula is C13H26N2O3S2. The highest BCUT2D eigenvalue weighted by atomic mass is 32.2. The maximum atomic E-state index is 12.1. The van der Waals surface area contributed by atoms with Gasteiger partial charge in [0, 0.05) is 0 Å². The van der Waals surface area contributed by atoms with Gasteiger partial charge < -0.3 is 10.5 Å². The van der Waals surface area contributed by atoms with Crippen LogP contribution in [0.5, 0.6) is 0 Å². The first-order chi connectivity index (χ1) is 9.32. The van der Waals surface area contributed by atoms with Gasteiger partial charge in [0.1, 0.15) is 0 Å². The zero-order valence-electron chi connectivity index (χ0n) is 12.3. The Morgan fingerprint density at radius 2 is 1.95 bits per heavy atom. The van der Waals surface area contributed by atoms with Crippen molar-refractivity contribution >= 4 is 27.2 Å². The molecule has 1 saturated carbocycles. The minimum Gasteiger partial charge on any atom is -0.392 e. The summed E-state index contributed by atoms with van der Waals surface area (Å²) in [7, 11) is -3.41. The normalized spacial score (nSPS) is 19.1. The molecule has 7 heteroatoms. The Morgan fingerprint density at radius 1 is 1.35 bits per heavy atom. The van der Waals surface area contributed by atoms with Crippen LogP contribution in [-0.4, -0.2) is 37.9 Å². The fourth-order valence-corrected chi connectivity index (χ4v) is 3.97. The Kier molecular flexibility index (Phi) is 7.36. The van der Waals surface area contributed by atoms with Gasteiger partial charge in [0.15, 0.2) is 0 Å². The molecule has 0 bridgehead atoms. The molecule has 0 aromatic carbocycles. The zero-order chi connectivity index (χ0) is 15.2. The van der Waals surface area contributed by atoms with Crippen molar-refractivity contribution in [2.45, 2.75) is 58.1 Å². The summed E-state index contributed by atoms with van der Waals surface area (Å²) >= 11 is 5.04. The third-order valence-corrected chi connectivity index (χ3v) is 5.11. The standard InChI is InChI=1S/C13H26N2O3S2/c1-10(2)18-8-9-20(16,17)15-12(13(14)19)11-6-4-3-5-7-11/h10-12,15H,3-9H2,1-2H3,(H2,14,19). The maximum absolute atomic E-state index is 12.1. The predicted molar refractivity (Wildman–Crippen MR) is 85.2 cm³/mol. The number of ether oxygens (including phenoxy) is 1. The summed E-state index contributed by atoms with van der Waals surface area (Å²) in [5, 5.41) is 0. The summed E-state index contributed by atoms with van der Waals surface area (Å²) in [4.78, 5) is 0.241. The molecule has 0 saturated heterocycles. The summed E-state index contributed by atoms with van der Waals surface area (Å²) in [5.74, 6) is 0.166. The average Bonchev–Trinajstić information content (AvgIpc) is 2.36. The summed E-state index contributed by atoms with van der Waals surface area (Å²) in [6.45, 7) is 3.93. The van der Waals surface area contributed by atoms with Crippen LogP contribution in [0.2, 0.25) is 0 Å². The lowest BCUT2D eigenvalue weighted by molar-refractivity contribution is 0.0911. The largest absolute Gasteiger partial charge is 0.392 e. The smallest absolute Gasteiger partial charge is 0.214 e. The van der Waals surface area contributed by atoms with E-state index in [1.807, 2.05) is 13.8 Å². The van der Waals surface area contributed by atoms with E-state index in [0.717, 1.165) is 25.7 Å². The average molecular weight is 322 g/mol. The monoisotopic (exact) mass is 322 g/mol. The van der Waals surface area contributed by atoms with Crippen LogP contribution in [0.15, 0.2) is 0 Å². The van der Waals surface area contributed by atoms with E-state index in [2.05, 4.69) is 4.72 Å². The lowest BCUT2D eigenvalue weighted by Gasteiger charge is -2.30. The number of hydrogen-bond donors (Lipinski definition) is 2. The van der Waals surface area contributed by atoms with Gasteiger partial charge in [0.05, 0.1) is 29.5 Å². The fraction of sp³-hybridized carbons (Fsp3) is 0.923. The minimum absolute atomic E-state index is 0.0231. The summed E-state index contributed by atoms with van der Waals surface area (Å²) in [5.41, 5.74) is 5.72. The van der Waals surface area contributed by atoms with E-state index in [-0.39, 0.29) is 29.4 Å². The third-order valence-electron chi connectivity index (χ3n) is 3.54. The molecule has 1 aliphatic rings. The molecule has 0 spiro atoms. The summed E-state index contributed by atoms with van der Waals surface area (Å²) < 4.78 is 32.1. The van der Waals surface area contributed by atoms with E-state index < -0.39 is 16.1 Å². The predicted octanol–water partition coefficient (Wildman–Crippen LogP) is 1.57. The molecule has 3 N–H and O–H groups in total. The summed E-state index contributed by atoms with van der Waals surface area (Å²) in [6, 6.07) is -0.422. The van der Waals surface area contributed by atoms with Crippen molar-refractivity contribution in [3.05, 3.63) is 0 Å². The SMILES string of the molecule is CC(C)OCCS(=O)(=O)NC(C(N)=S)C1CCCCC1. The molecule has 1 unspecified atom stereocenters. The Labute approximate surface area is 127 Å². The molecule has 1 atom stereocenters. The van der Waals surface area contributed by atoms with Gasteiger partial charge in [-0.3, -0.25) is 0 Å². The molecule has 1 aliphatic carbocycles. The highest BCUT2D eigenvalue weighted by Gasteiger charge is 2.29. The maximum Gasteiger partial charge on any atom is 0.214 e. The number of nitrogens with one attached hydrogen (secondary N) is 1. The zero-order valence-corrected chi connectivity index (χ0v) is 13.9. The van der Waals surface area contributed by atoms with E-state index >= 15 is 0 Å². The van der Waals surface area contributed by atoms with Crippen molar-refractivity contribution in [2.75, 3.05) is 12.4 Å². The minimum atomic E-state index is -3.41. The Morgan fingerprint density at radius 3 is 2.45 bits per heavy atom. The molecule has 5 nitrogen and oxygen atoms in total. The molecular weight excluding hydrogens is 296 g/mol. The number of sulfonamides is 1. The van der Waals surface area contributed by atoms with E-state index in [9.17, 15) is 8.42 Å². The van der Waals surface area contributed by atoms with E-state index in [0.29, 0.717) is 0 Å². The van der Waals surface area contributed by atoms with Crippen molar-refractivity contribution < 1.29 is 13.2 Å². The van der Waals surface area contributed by atoms with Crippen LogP contribution in [0.25, 0.3) is 0 Å². The third kappa shape index (κ3) is 6.47. The van der Waals surface area contributed by atoms with Crippen molar-refractivity contribution in [2.24, 2.45) is 11.7 Å². The first-order valence-corrected chi connectivity index (χ1v) is 9.29. The molecule has 0 aromatic rings. The summed E-state index contributed by atoms with van der Waals surface area (Å²) in [6.07, 6.45) is 5.41. The van der Waals surface area contributed by atoms with Gasteiger partial charge in [0.2, 0.25) is 10.0 Å². The van der Waals surface area contributed by atoms with Crippen LogP contribution in [0.3, 0.4) is 0 Å². The number of hydrogen-bond acceptors (Lipinski definition) is 4. The van der Waals surface area contributed by atoms with Crippen LogP contribution in [0.4, 0.5) is 0 Å². The van der Waals surface area contributed by atoms with Crippen molar-refractivity contribution in [3.63, 3.8) is 0 Å². The van der Waals surface area contributed by atoms with Gasteiger partial charge in [-0.2, -0.15) is 0 Å². The first-order valence-electron chi connectivity index (χ1n) is 7.23. The number of thiocarbonyl (C=S) groups is 1. The Bertz CT molecular complexity index is 404. The molecule has 0 aromatic heterocycles. The lowest BCUT2D eigenvalue weighted by Crippen LogP contribution is -2.49. The second-order valence-corrected chi connectivity index (χ2v) is 7.98. The molecule has 0 heterocycles. The number of rotatable bonds is 8. The second kappa shape index (κ2) is 8.26. The first kappa shape index (κ1) is 17.8. The van der Waals surface area contributed by atoms with Gasteiger partial charge in [-0.25, -0.2) is 13.1 Å². The molecule has 0 aliphatic heterocycles. The lowest BCUT2D eigenvalue weighted by atomic mass is 9.84. The van der Waals surface area contributed by atoms with E-state index in [1.54, 1.807) is 0 Å². The highest BCUT2D eigenvalue weighted by molar-refractivity contribution is 7.89. The number of nitrogens with two attached hydrogens (primary N) is 1. The van der Waals surface area contributed by atoms with Crippen LogP contribution < -0.4 is 10.5 Å². The van der Waals surface area contributed by atoms with Gasteiger partial charge in [-0.1, -0.05) is 31.5 Å². The molecule has 20 heavy (non-hydrogen) atoms. The van der Waals surface area contributed by atoms with Crippen LogP contribution in [0.1, 0.15) is 46.0 Å². The highest BCUT2D eigenvalue weighted by Crippen LogP contribution is 2.27. The molecule has 0 radical (unpaired) electrons. The van der Waals surface area contributed by atoms with Gasteiger partial charge in [-0.15, -0.1) is 0 Å². The Balaban J connectivity index is 2.57. The topological polar surface area (TPSA) is 81.4 Å². The van der Waals surface area contributed by atoms with Gasteiger partial charge in [0.25, 0.3) is 0 Å². The van der Waals surface area contributed by atoms with Gasteiger partial charge in [-0.05, 0) is 32.6 Å². The molecule has 1 rings (SSSR count). The van der Waals surface area contributed by atoms with Crippen LogP contribution in [0, 0.1) is 5.92 Å². The van der Waals surface area contributed by atoms with E-state index in [4.69, 9.17) is 22.7 Å². The van der Waals surface area contributed by atoms with Crippen molar-refractivity contribution in [1.29, 1.82) is 0 Å². The van der Waals surface area contributed by atoms with Gasteiger partial charge >= 0.3 is 0 Å². The fourth-order valence-electron chi connectivity index (χ4n) is 2.50. The quantitative estimate of drug-likeness (QED) is 0.663. The second-order valence-electron chi connectivity index (χ2n) is 5.63. The molecule has 118 valence electrons. The van der Waals surface area contributed by atoms with Crippen molar-refractivity contribution in [1.82, 2.24) is 4.72 Å². The van der Waals surface area contributed by atoms with Crippen LogP contribution >= 0.6 is 12.2 Å². The Hall–Kier alpha value is -0.240. The molecule has 0 amide bonds. The van der Waals surface area contributed by atoms with Crippen molar-refractivity contribution in [3.8, 4) is 0 Å². The molecule has 1 fully saturated rings. The van der Waals surface area contributed by atoms with E-state index in [1.165, 1.54) is 6.42 Å². The van der Waals surface area contributed by atoms with Crippen LogP contribution in [-0.2, 0) is 14.8 Å².